The van der Waals surface area contributed by atoms with Gasteiger partial charge in [-0.3, -0.25) is 0 Å². The Bertz CT molecular complexity index is 890. The Balaban J connectivity index is 2.28. The molecule has 0 fully saturated rings. The van der Waals surface area contributed by atoms with Gasteiger partial charge < -0.3 is 9.84 Å². The SMILES string of the molecule is COC(=O)C1=C(C)c2cccc(C)c2[C@H](c2cc(C)cc(C)c2O)C1. The summed E-state index contributed by atoms with van der Waals surface area (Å²) in [6.07, 6.45) is 0.535. The van der Waals surface area contributed by atoms with Crippen molar-refractivity contribution >= 4 is 11.5 Å². The standard InChI is InChI=1S/C22H24O3/c1-12-9-14(3)21(23)19(10-12)18-11-17(22(24)25-5)15(4)16-8-6-7-13(2)20(16)18/h6-10,18,23H,11H2,1-5H3/t18-/m0/s1. The predicted molar refractivity (Wildman–Crippen MR) is 99.8 cm³/mol. The summed E-state index contributed by atoms with van der Waals surface area (Å²) in [7, 11) is 1.41. The normalized spacial score (nSPS) is 16.6. The van der Waals surface area contributed by atoms with Gasteiger partial charge in [-0.1, -0.05) is 35.9 Å². The first-order chi connectivity index (χ1) is 11.8. The van der Waals surface area contributed by atoms with Crippen molar-refractivity contribution in [2.24, 2.45) is 0 Å². The second-order valence-corrected chi connectivity index (χ2v) is 6.91. The summed E-state index contributed by atoms with van der Waals surface area (Å²) in [5.74, 6) is -0.0420. The van der Waals surface area contributed by atoms with Crippen LogP contribution in [0, 0.1) is 20.8 Å². The number of hydrogen-bond donors (Lipinski definition) is 1. The van der Waals surface area contributed by atoms with Gasteiger partial charge in [-0.2, -0.15) is 0 Å². The van der Waals surface area contributed by atoms with Crippen molar-refractivity contribution in [3.8, 4) is 5.75 Å². The molecule has 3 rings (SSSR count). The van der Waals surface area contributed by atoms with E-state index in [1.165, 1.54) is 18.2 Å². The number of carbonyl (C=O) groups is 1. The van der Waals surface area contributed by atoms with Crippen molar-refractivity contribution < 1.29 is 14.6 Å². The lowest BCUT2D eigenvalue weighted by Gasteiger charge is -2.30. The molecule has 1 atom stereocenters. The van der Waals surface area contributed by atoms with Gasteiger partial charge >= 0.3 is 5.97 Å². The number of aromatic hydroxyl groups is 1. The van der Waals surface area contributed by atoms with Crippen molar-refractivity contribution in [3.05, 3.63) is 69.3 Å². The van der Waals surface area contributed by atoms with Gasteiger partial charge in [-0.15, -0.1) is 0 Å². The number of phenols is 1. The van der Waals surface area contributed by atoms with Crippen LogP contribution in [0.25, 0.3) is 5.57 Å². The minimum absolute atomic E-state index is 0.0624. The third kappa shape index (κ3) is 2.84. The maximum Gasteiger partial charge on any atom is 0.334 e. The van der Waals surface area contributed by atoms with Gasteiger partial charge in [0.15, 0.2) is 0 Å². The van der Waals surface area contributed by atoms with Crippen molar-refractivity contribution in [3.63, 3.8) is 0 Å². The zero-order chi connectivity index (χ0) is 18.3. The summed E-state index contributed by atoms with van der Waals surface area (Å²) in [5, 5.41) is 10.7. The third-order valence-corrected chi connectivity index (χ3v) is 5.22. The van der Waals surface area contributed by atoms with Crippen LogP contribution in [0.5, 0.6) is 5.75 Å². The lowest BCUT2D eigenvalue weighted by atomic mass is 9.73. The summed E-state index contributed by atoms with van der Waals surface area (Å²) >= 11 is 0. The molecule has 25 heavy (non-hydrogen) atoms. The molecule has 0 bridgehead atoms. The minimum Gasteiger partial charge on any atom is -0.507 e. The first-order valence-corrected chi connectivity index (χ1v) is 8.53. The molecule has 0 aromatic heterocycles. The Hall–Kier alpha value is -2.55. The Labute approximate surface area is 149 Å². The van der Waals surface area contributed by atoms with Crippen molar-refractivity contribution in [1.29, 1.82) is 0 Å². The molecule has 0 unspecified atom stereocenters. The van der Waals surface area contributed by atoms with E-state index in [2.05, 4.69) is 13.0 Å². The highest BCUT2D eigenvalue weighted by Gasteiger charge is 2.32. The van der Waals surface area contributed by atoms with Crippen LogP contribution < -0.4 is 0 Å². The quantitative estimate of drug-likeness (QED) is 0.801. The van der Waals surface area contributed by atoms with Gasteiger partial charge in [0.1, 0.15) is 5.75 Å². The van der Waals surface area contributed by atoms with E-state index in [9.17, 15) is 9.90 Å². The number of phenolic OH excluding ortho intramolecular Hbond substituents is 1. The molecule has 1 aliphatic carbocycles. The lowest BCUT2D eigenvalue weighted by Crippen LogP contribution is -2.19. The zero-order valence-electron chi connectivity index (χ0n) is 15.4. The second-order valence-electron chi connectivity index (χ2n) is 6.91. The van der Waals surface area contributed by atoms with Crippen LogP contribution >= 0.6 is 0 Å². The van der Waals surface area contributed by atoms with Crippen molar-refractivity contribution in [2.45, 2.75) is 40.0 Å². The molecule has 0 spiro atoms. The fourth-order valence-corrected chi connectivity index (χ4v) is 3.98. The van der Waals surface area contributed by atoms with Gasteiger partial charge in [0.2, 0.25) is 0 Å². The summed E-state index contributed by atoms with van der Waals surface area (Å²) in [4.78, 5) is 12.3. The van der Waals surface area contributed by atoms with Gasteiger partial charge in [-0.05, 0) is 61.9 Å². The molecule has 2 aromatic carbocycles. The number of aryl methyl sites for hydroxylation is 3. The van der Waals surface area contributed by atoms with E-state index in [1.54, 1.807) is 0 Å². The Kier molecular flexibility index (Phi) is 4.42. The summed E-state index contributed by atoms with van der Waals surface area (Å²) in [6, 6.07) is 10.1. The van der Waals surface area contributed by atoms with Crippen LogP contribution in [-0.2, 0) is 9.53 Å². The maximum absolute atomic E-state index is 12.3. The van der Waals surface area contributed by atoms with Crippen LogP contribution in [0.4, 0.5) is 0 Å². The molecule has 0 amide bonds. The fourth-order valence-electron chi connectivity index (χ4n) is 3.98. The monoisotopic (exact) mass is 336 g/mol. The molecule has 1 N–H and O–H groups in total. The Morgan fingerprint density at radius 2 is 1.84 bits per heavy atom. The number of carbonyl (C=O) groups excluding carboxylic acids is 1. The molecule has 3 nitrogen and oxygen atoms in total. The average molecular weight is 336 g/mol. The number of benzene rings is 2. The van der Waals surface area contributed by atoms with Gasteiger partial charge in [0.25, 0.3) is 0 Å². The highest BCUT2D eigenvalue weighted by molar-refractivity contribution is 5.99. The van der Waals surface area contributed by atoms with Gasteiger partial charge in [-0.25, -0.2) is 4.79 Å². The number of fused-ring (bicyclic) bond motifs is 1. The fraction of sp³-hybridized carbons (Fsp3) is 0.318. The Morgan fingerprint density at radius 3 is 2.52 bits per heavy atom. The highest BCUT2D eigenvalue weighted by Crippen LogP contribution is 2.46. The molecule has 0 saturated carbocycles. The molecular weight excluding hydrogens is 312 g/mol. The molecule has 3 heteroatoms. The molecule has 0 aliphatic heterocycles. The van der Waals surface area contributed by atoms with Gasteiger partial charge in [0.05, 0.1) is 7.11 Å². The highest BCUT2D eigenvalue weighted by atomic mass is 16.5. The van der Waals surface area contributed by atoms with E-state index >= 15 is 0 Å². The number of hydrogen-bond acceptors (Lipinski definition) is 3. The zero-order valence-corrected chi connectivity index (χ0v) is 15.4. The summed E-state index contributed by atoms with van der Waals surface area (Å²) < 4.78 is 5.01. The topological polar surface area (TPSA) is 46.5 Å². The van der Waals surface area contributed by atoms with Crippen molar-refractivity contribution in [1.82, 2.24) is 0 Å². The smallest absolute Gasteiger partial charge is 0.334 e. The minimum atomic E-state index is -0.293. The summed E-state index contributed by atoms with van der Waals surface area (Å²) in [6.45, 7) is 8.00. The molecule has 1 aliphatic rings. The molecule has 0 saturated heterocycles. The molecule has 130 valence electrons. The van der Waals surface area contributed by atoms with Crippen LogP contribution in [-0.4, -0.2) is 18.2 Å². The molecule has 0 radical (unpaired) electrons. The number of rotatable bonds is 2. The number of esters is 1. The van der Waals surface area contributed by atoms with E-state index in [0.717, 1.165) is 27.8 Å². The van der Waals surface area contributed by atoms with Crippen LogP contribution in [0.15, 0.2) is 35.9 Å². The van der Waals surface area contributed by atoms with E-state index in [1.807, 2.05) is 45.0 Å². The second kappa shape index (κ2) is 6.40. The van der Waals surface area contributed by atoms with Gasteiger partial charge in [0, 0.05) is 17.1 Å². The number of allylic oxidation sites excluding steroid dienone is 1. The first kappa shape index (κ1) is 17.3. The first-order valence-electron chi connectivity index (χ1n) is 8.53. The maximum atomic E-state index is 12.3. The Morgan fingerprint density at radius 1 is 1.12 bits per heavy atom. The van der Waals surface area contributed by atoms with Crippen LogP contribution in [0.3, 0.4) is 0 Å². The van der Waals surface area contributed by atoms with E-state index in [4.69, 9.17) is 4.74 Å². The molecular formula is C22H24O3. The van der Waals surface area contributed by atoms with Crippen LogP contribution in [0.2, 0.25) is 0 Å². The molecule has 2 aromatic rings. The van der Waals surface area contributed by atoms with E-state index in [-0.39, 0.29) is 11.9 Å². The number of methoxy groups -OCH3 is 1. The third-order valence-electron chi connectivity index (χ3n) is 5.22. The summed E-state index contributed by atoms with van der Waals surface area (Å²) in [5.41, 5.74) is 7.91. The average Bonchev–Trinajstić information content (AvgIpc) is 2.58. The van der Waals surface area contributed by atoms with E-state index < -0.39 is 0 Å². The van der Waals surface area contributed by atoms with E-state index in [0.29, 0.717) is 17.7 Å². The predicted octanol–water partition coefficient (Wildman–Crippen LogP) is 4.80. The lowest BCUT2D eigenvalue weighted by molar-refractivity contribution is -0.136. The largest absolute Gasteiger partial charge is 0.507 e. The van der Waals surface area contributed by atoms with Crippen LogP contribution in [0.1, 0.15) is 52.6 Å². The van der Waals surface area contributed by atoms with Crippen molar-refractivity contribution in [2.75, 3.05) is 7.11 Å². The molecule has 0 heterocycles. The number of ether oxygens (including phenoxy) is 1.